The number of carboxylic acids is 1. The first-order valence-electron chi connectivity index (χ1n) is 7.52. The summed E-state index contributed by atoms with van der Waals surface area (Å²) in [5, 5.41) is 11.6. The molecule has 2 aliphatic rings. The quantitative estimate of drug-likeness (QED) is 0.804. The average molecular weight is 321 g/mol. The lowest BCUT2D eigenvalue weighted by Gasteiger charge is -2.19. The van der Waals surface area contributed by atoms with Gasteiger partial charge in [-0.2, -0.15) is 0 Å². The van der Waals surface area contributed by atoms with Crippen LogP contribution in [0.1, 0.15) is 17.9 Å². The number of fused-ring (bicyclic) bond motifs is 1. The lowest BCUT2D eigenvalue weighted by Crippen LogP contribution is -2.44. The van der Waals surface area contributed by atoms with Gasteiger partial charge >= 0.3 is 5.97 Å². The highest BCUT2D eigenvalue weighted by Gasteiger charge is 2.45. The zero-order chi connectivity index (χ0) is 16.4. The molecule has 7 heteroatoms. The molecule has 0 aromatic heterocycles. The molecule has 1 fully saturated rings. The zero-order valence-electron chi connectivity index (χ0n) is 12.8. The molecule has 0 saturated heterocycles. The predicted molar refractivity (Wildman–Crippen MR) is 79.7 cm³/mol. The van der Waals surface area contributed by atoms with Gasteiger partial charge in [0, 0.05) is 13.0 Å². The van der Waals surface area contributed by atoms with Gasteiger partial charge in [0.15, 0.2) is 17.5 Å². The van der Waals surface area contributed by atoms with E-state index in [2.05, 4.69) is 5.32 Å². The van der Waals surface area contributed by atoms with Gasteiger partial charge in [-0.25, -0.2) is 4.79 Å². The van der Waals surface area contributed by atoms with Crippen LogP contribution in [-0.2, 0) is 14.3 Å². The second-order valence-electron chi connectivity index (χ2n) is 5.71. The molecule has 0 radical (unpaired) electrons. The molecular weight excluding hydrogens is 302 g/mol. The molecule has 1 aromatic carbocycles. The third-order valence-electron chi connectivity index (χ3n) is 4.07. The van der Waals surface area contributed by atoms with E-state index < -0.39 is 12.0 Å². The van der Waals surface area contributed by atoms with Gasteiger partial charge in [-0.3, -0.25) is 4.79 Å². The molecular formula is C16H19NO6. The third kappa shape index (κ3) is 3.39. The van der Waals surface area contributed by atoms with Crippen molar-refractivity contribution in [3.05, 3.63) is 23.8 Å². The van der Waals surface area contributed by atoms with Crippen LogP contribution in [0.4, 0.5) is 0 Å². The zero-order valence-corrected chi connectivity index (χ0v) is 12.8. The highest BCUT2D eigenvalue weighted by molar-refractivity contribution is 5.87. The molecule has 1 aromatic rings. The summed E-state index contributed by atoms with van der Waals surface area (Å²) < 4.78 is 15.8. The largest absolute Gasteiger partial charge is 0.486 e. The van der Waals surface area contributed by atoms with Gasteiger partial charge in [-0.05, 0) is 30.0 Å². The van der Waals surface area contributed by atoms with Crippen LogP contribution in [0.5, 0.6) is 11.5 Å². The summed E-state index contributed by atoms with van der Waals surface area (Å²) in [5.41, 5.74) is 1.01. The standard InChI is InChI=1S/C16H19NO6/c1-21-8-12(16(19)20)17-15(18)11-7-10(11)9-2-3-13-14(6-9)23-5-4-22-13/h2-3,6,10-12H,4-5,7-8H2,1H3,(H,17,18)(H,19,20). The number of ether oxygens (including phenoxy) is 3. The molecule has 1 aliphatic heterocycles. The van der Waals surface area contributed by atoms with Gasteiger partial charge in [0.05, 0.1) is 6.61 Å². The molecule has 1 aliphatic carbocycles. The maximum atomic E-state index is 12.2. The van der Waals surface area contributed by atoms with E-state index in [1.807, 2.05) is 18.2 Å². The van der Waals surface area contributed by atoms with Crippen molar-refractivity contribution in [3.63, 3.8) is 0 Å². The summed E-state index contributed by atoms with van der Waals surface area (Å²) in [6.45, 7) is 1.00. The Morgan fingerprint density at radius 2 is 2.09 bits per heavy atom. The third-order valence-corrected chi connectivity index (χ3v) is 4.07. The Hall–Kier alpha value is -2.28. The number of hydrogen-bond donors (Lipinski definition) is 2. The fraction of sp³-hybridized carbons (Fsp3) is 0.500. The van der Waals surface area contributed by atoms with Crippen LogP contribution in [0.25, 0.3) is 0 Å². The lowest BCUT2D eigenvalue weighted by molar-refractivity contribution is -0.143. The Morgan fingerprint density at radius 1 is 1.35 bits per heavy atom. The number of carboxylic acid groups (broad SMARTS) is 1. The van der Waals surface area contributed by atoms with E-state index in [1.165, 1.54) is 7.11 Å². The summed E-state index contributed by atoms with van der Waals surface area (Å²) in [6, 6.07) is 4.65. The number of hydrogen-bond acceptors (Lipinski definition) is 5. The van der Waals surface area contributed by atoms with Crippen molar-refractivity contribution in [2.75, 3.05) is 26.9 Å². The normalized spacial score (nSPS) is 23.0. The fourth-order valence-electron chi connectivity index (χ4n) is 2.76. The molecule has 1 heterocycles. The number of aliphatic carboxylic acids is 1. The van der Waals surface area contributed by atoms with Gasteiger partial charge in [0.1, 0.15) is 13.2 Å². The average Bonchev–Trinajstić information content (AvgIpc) is 3.34. The number of carbonyl (C=O) groups excluding carboxylic acids is 1. The first-order valence-corrected chi connectivity index (χ1v) is 7.52. The van der Waals surface area contributed by atoms with Crippen molar-refractivity contribution in [1.29, 1.82) is 0 Å². The van der Waals surface area contributed by atoms with Gasteiger partial charge < -0.3 is 24.6 Å². The lowest BCUT2D eigenvalue weighted by atomic mass is 10.1. The highest BCUT2D eigenvalue weighted by Crippen LogP contribution is 2.49. The van der Waals surface area contributed by atoms with Crippen molar-refractivity contribution >= 4 is 11.9 Å². The first kappa shape index (κ1) is 15.6. The van der Waals surface area contributed by atoms with Crippen molar-refractivity contribution < 1.29 is 28.9 Å². The van der Waals surface area contributed by atoms with E-state index in [0.29, 0.717) is 31.1 Å². The number of nitrogens with one attached hydrogen (secondary N) is 1. The smallest absolute Gasteiger partial charge is 0.328 e. The van der Waals surface area contributed by atoms with Crippen LogP contribution in [0.15, 0.2) is 18.2 Å². The van der Waals surface area contributed by atoms with E-state index in [0.717, 1.165) is 5.56 Å². The summed E-state index contributed by atoms with van der Waals surface area (Å²) in [5.74, 6) is -0.0690. The molecule has 2 N–H and O–H groups in total. The van der Waals surface area contributed by atoms with Gasteiger partial charge in [0.25, 0.3) is 0 Å². The van der Waals surface area contributed by atoms with Crippen molar-refractivity contribution in [2.24, 2.45) is 5.92 Å². The second-order valence-corrected chi connectivity index (χ2v) is 5.71. The SMILES string of the molecule is COCC(NC(=O)C1CC1c1ccc2c(c1)OCCO2)C(=O)O. The van der Waals surface area contributed by atoms with Gasteiger partial charge in [0.2, 0.25) is 5.91 Å². The van der Waals surface area contributed by atoms with Crippen molar-refractivity contribution in [1.82, 2.24) is 5.32 Å². The summed E-state index contributed by atoms with van der Waals surface area (Å²) in [4.78, 5) is 23.2. The molecule has 1 amide bonds. The summed E-state index contributed by atoms with van der Waals surface area (Å²) in [6.07, 6.45) is 0.699. The maximum absolute atomic E-state index is 12.2. The fourth-order valence-corrected chi connectivity index (χ4v) is 2.76. The molecule has 7 nitrogen and oxygen atoms in total. The Morgan fingerprint density at radius 3 is 2.78 bits per heavy atom. The summed E-state index contributed by atoms with van der Waals surface area (Å²) >= 11 is 0. The van der Waals surface area contributed by atoms with Gasteiger partial charge in [-0.1, -0.05) is 6.07 Å². The molecule has 0 bridgehead atoms. The van der Waals surface area contributed by atoms with E-state index in [1.54, 1.807) is 0 Å². The molecule has 124 valence electrons. The van der Waals surface area contributed by atoms with Gasteiger partial charge in [-0.15, -0.1) is 0 Å². The predicted octanol–water partition coefficient (Wildman–Crippen LogP) is 0.777. The maximum Gasteiger partial charge on any atom is 0.328 e. The Bertz CT molecular complexity index is 617. The minimum absolute atomic E-state index is 0.0531. The van der Waals surface area contributed by atoms with E-state index in [9.17, 15) is 9.59 Å². The highest BCUT2D eigenvalue weighted by atomic mass is 16.6. The van der Waals surface area contributed by atoms with E-state index in [4.69, 9.17) is 19.3 Å². The van der Waals surface area contributed by atoms with E-state index >= 15 is 0 Å². The Balaban J connectivity index is 1.62. The molecule has 3 atom stereocenters. The van der Waals surface area contributed by atoms with Crippen LogP contribution >= 0.6 is 0 Å². The number of methoxy groups -OCH3 is 1. The summed E-state index contributed by atoms with van der Waals surface area (Å²) in [7, 11) is 1.40. The minimum atomic E-state index is -1.10. The Labute approximate surface area is 133 Å². The van der Waals surface area contributed by atoms with Crippen molar-refractivity contribution in [2.45, 2.75) is 18.4 Å². The topological polar surface area (TPSA) is 94.1 Å². The number of benzene rings is 1. The molecule has 23 heavy (non-hydrogen) atoms. The number of rotatable bonds is 6. The molecule has 3 rings (SSSR count). The van der Waals surface area contributed by atoms with Crippen LogP contribution in [0, 0.1) is 5.92 Å². The first-order chi connectivity index (χ1) is 11.1. The monoisotopic (exact) mass is 321 g/mol. The van der Waals surface area contributed by atoms with Crippen LogP contribution in [-0.4, -0.2) is 50.0 Å². The van der Waals surface area contributed by atoms with Crippen LogP contribution in [0.3, 0.4) is 0 Å². The molecule has 1 saturated carbocycles. The molecule has 3 unspecified atom stereocenters. The van der Waals surface area contributed by atoms with E-state index in [-0.39, 0.29) is 24.3 Å². The Kier molecular flexibility index (Phi) is 4.38. The van der Waals surface area contributed by atoms with Crippen molar-refractivity contribution in [3.8, 4) is 11.5 Å². The number of amides is 1. The van der Waals surface area contributed by atoms with Crippen LogP contribution in [0.2, 0.25) is 0 Å². The molecule has 0 spiro atoms. The van der Waals surface area contributed by atoms with Crippen LogP contribution < -0.4 is 14.8 Å². The number of carbonyl (C=O) groups is 2. The minimum Gasteiger partial charge on any atom is -0.486 e. The second kappa shape index (κ2) is 6.45.